The average Bonchev–Trinajstić information content (AvgIpc) is 2.43. The summed E-state index contributed by atoms with van der Waals surface area (Å²) in [4.78, 5) is 23.2. The average molecular weight is 276 g/mol. The van der Waals surface area contributed by atoms with Crippen molar-refractivity contribution in [1.29, 1.82) is 0 Å². The highest BCUT2D eigenvalue weighted by molar-refractivity contribution is 5.83. The molecule has 2 aromatic rings. The largest absolute Gasteiger partial charge is 0.385 e. The third-order valence-electron chi connectivity index (χ3n) is 3.30. The predicted octanol–water partition coefficient (Wildman–Crippen LogP) is 1.15. The van der Waals surface area contributed by atoms with Crippen LogP contribution in [0, 0.1) is 0 Å². The van der Waals surface area contributed by atoms with Gasteiger partial charge in [0, 0.05) is 18.3 Å². The summed E-state index contributed by atoms with van der Waals surface area (Å²) < 4.78 is 0. The summed E-state index contributed by atoms with van der Waals surface area (Å²) in [6, 6.07) is 5.33. The number of fused-ring (bicyclic) bond motifs is 1. The summed E-state index contributed by atoms with van der Waals surface area (Å²) in [7, 11) is 0. The summed E-state index contributed by atoms with van der Waals surface area (Å²) >= 11 is 0. The molecule has 1 aromatic heterocycles. The zero-order chi connectivity index (χ0) is 14.5. The molecule has 2 rings (SSSR count). The zero-order valence-corrected chi connectivity index (χ0v) is 11.5. The molecule has 0 saturated carbocycles. The molecular formula is C14H20N4O2. The van der Waals surface area contributed by atoms with E-state index in [0.717, 1.165) is 31.5 Å². The fraction of sp³-hybridized carbons (Fsp3) is 0.429. The van der Waals surface area contributed by atoms with Gasteiger partial charge in [0.2, 0.25) is 0 Å². The molecule has 0 aliphatic rings. The Kier molecular flexibility index (Phi) is 4.57. The van der Waals surface area contributed by atoms with E-state index in [1.807, 2.05) is 0 Å². The van der Waals surface area contributed by atoms with Crippen LogP contribution in [0.3, 0.4) is 0 Å². The topological polar surface area (TPSA) is 104 Å². The van der Waals surface area contributed by atoms with Crippen LogP contribution in [0.15, 0.2) is 27.8 Å². The molecule has 0 spiro atoms. The van der Waals surface area contributed by atoms with E-state index in [-0.39, 0.29) is 17.2 Å². The standard InChI is InChI=1S/C14H20N4O2/c1-2-3-9(15)6-7-16-10-4-5-11-12(8-10)14(20)18-17-13(11)19/h4-5,8-9,16H,2-3,6-7,15H2,1H3,(H,17,19)(H,18,20). The Morgan fingerprint density at radius 2 is 1.85 bits per heavy atom. The summed E-state index contributed by atoms with van der Waals surface area (Å²) in [6.07, 6.45) is 2.96. The number of benzene rings is 1. The first-order chi connectivity index (χ1) is 9.61. The van der Waals surface area contributed by atoms with Crippen molar-refractivity contribution in [3.8, 4) is 0 Å². The van der Waals surface area contributed by atoms with E-state index in [1.165, 1.54) is 0 Å². The number of rotatable bonds is 6. The number of aromatic amines is 2. The van der Waals surface area contributed by atoms with Crippen molar-refractivity contribution in [2.24, 2.45) is 5.73 Å². The van der Waals surface area contributed by atoms with E-state index in [1.54, 1.807) is 18.2 Å². The van der Waals surface area contributed by atoms with Crippen LogP contribution in [0.25, 0.3) is 10.8 Å². The van der Waals surface area contributed by atoms with Gasteiger partial charge < -0.3 is 11.1 Å². The quantitative estimate of drug-likeness (QED) is 0.635. The number of anilines is 1. The SMILES string of the molecule is CCCC(N)CCNc1ccc2c(=O)[nH][nH]c(=O)c2c1. The monoisotopic (exact) mass is 276 g/mol. The lowest BCUT2D eigenvalue weighted by Gasteiger charge is -2.11. The Bertz CT molecular complexity index is 689. The Morgan fingerprint density at radius 1 is 1.15 bits per heavy atom. The van der Waals surface area contributed by atoms with E-state index in [2.05, 4.69) is 22.4 Å². The summed E-state index contributed by atoms with van der Waals surface area (Å²) in [6.45, 7) is 2.86. The molecule has 20 heavy (non-hydrogen) atoms. The lowest BCUT2D eigenvalue weighted by Crippen LogP contribution is -2.23. The minimum atomic E-state index is -0.300. The van der Waals surface area contributed by atoms with Crippen LogP contribution in [-0.4, -0.2) is 22.8 Å². The van der Waals surface area contributed by atoms with Gasteiger partial charge in [-0.15, -0.1) is 0 Å². The highest BCUT2D eigenvalue weighted by Gasteiger charge is 2.05. The number of nitrogens with one attached hydrogen (secondary N) is 3. The third-order valence-corrected chi connectivity index (χ3v) is 3.30. The van der Waals surface area contributed by atoms with Gasteiger partial charge in [-0.2, -0.15) is 0 Å². The normalized spacial score (nSPS) is 12.5. The van der Waals surface area contributed by atoms with Gasteiger partial charge in [-0.3, -0.25) is 19.8 Å². The predicted molar refractivity (Wildman–Crippen MR) is 81.2 cm³/mol. The van der Waals surface area contributed by atoms with Gasteiger partial charge >= 0.3 is 0 Å². The smallest absolute Gasteiger partial charge is 0.270 e. The second-order valence-corrected chi connectivity index (χ2v) is 4.93. The summed E-state index contributed by atoms with van der Waals surface area (Å²) in [5.74, 6) is 0. The fourth-order valence-corrected chi connectivity index (χ4v) is 2.21. The van der Waals surface area contributed by atoms with E-state index >= 15 is 0 Å². The first-order valence-electron chi connectivity index (χ1n) is 6.86. The van der Waals surface area contributed by atoms with Crippen LogP contribution in [0.1, 0.15) is 26.2 Å². The molecule has 6 heteroatoms. The van der Waals surface area contributed by atoms with E-state index in [4.69, 9.17) is 5.73 Å². The molecule has 0 amide bonds. The summed E-state index contributed by atoms with van der Waals surface area (Å²) in [5, 5.41) is 8.63. The molecule has 0 fully saturated rings. The number of hydrogen-bond acceptors (Lipinski definition) is 4. The van der Waals surface area contributed by atoms with E-state index in [9.17, 15) is 9.59 Å². The minimum Gasteiger partial charge on any atom is -0.385 e. The first kappa shape index (κ1) is 14.3. The lowest BCUT2D eigenvalue weighted by atomic mass is 10.1. The van der Waals surface area contributed by atoms with Crippen LogP contribution in [0.2, 0.25) is 0 Å². The number of aromatic nitrogens is 2. The van der Waals surface area contributed by atoms with Gasteiger partial charge in [-0.05, 0) is 31.0 Å². The van der Waals surface area contributed by atoms with Crippen LogP contribution in [-0.2, 0) is 0 Å². The molecule has 5 N–H and O–H groups in total. The Labute approximate surface area is 116 Å². The van der Waals surface area contributed by atoms with Crippen LogP contribution in [0.5, 0.6) is 0 Å². The van der Waals surface area contributed by atoms with Crippen LogP contribution >= 0.6 is 0 Å². The zero-order valence-electron chi connectivity index (χ0n) is 11.5. The van der Waals surface area contributed by atoms with Gasteiger partial charge in [0.05, 0.1) is 10.8 Å². The Balaban J connectivity index is 2.11. The number of hydrogen-bond donors (Lipinski definition) is 4. The summed E-state index contributed by atoms with van der Waals surface area (Å²) in [5.41, 5.74) is 6.16. The van der Waals surface area contributed by atoms with Gasteiger partial charge in [0.25, 0.3) is 11.1 Å². The molecule has 0 radical (unpaired) electrons. The van der Waals surface area contributed by atoms with Crippen LogP contribution in [0.4, 0.5) is 5.69 Å². The molecule has 0 saturated heterocycles. The maximum Gasteiger partial charge on any atom is 0.270 e. The van der Waals surface area contributed by atoms with Crippen molar-refractivity contribution in [3.63, 3.8) is 0 Å². The van der Waals surface area contributed by atoms with Gasteiger partial charge in [-0.25, -0.2) is 0 Å². The molecular weight excluding hydrogens is 256 g/mol. The maximum absolute atomic E-state index is 11.7. The second kappa shape index (κ2) is 6.38. The minimum absolute atomic E-state index is 0.194. The molecule has 1 unspecified atom stereocenters. The molecule has 0 aliphatic heterocycles. The van der Waals surface area contributed by atoms with Gasteiger partial charge in [0.15, 0.2) is 0 Å². The van der Waals surface area contributed by atoms with Gasteiger partial charge in [0.1, 0.15) is 0 Å². The van der Waals surface area contributed by atoms with Crippen molar-refractivity contribution in [1.82, 2.24) is 10.2 Å². The maximum atomic E-state index is 11.7. The van der Waals surface area contributed by atoms with E-state index in [0.29, 0.717) is 10.8 Å². The second-order valence-electron chi connectivity index (χ2n) is 4.93. The highest BCUT2D eigenvalue weighted by atomic mass is 16.1. The van der Waals surface area contributed by atoms with E-state index < -0.39 is 0 Å². The lowest BCUT2D eigenvalue weighted by molar-refractivity contribution is 0.575. The molecule has 0 aliphatic carbocycles. The number of H-pyrrole nitrogens is 2. The Hall–Kier alpha value is -2.08. The van der Waals surface area contributed by atoms with Crippen molar-refractivity contribution in [3.05, 3.63) is 38.9 Å². The van der Waals surface area contributed by atoms with Crippen molar-refractivity contribution in [2.75, 3.05) is 11.9 Å². The van der Waals surface area contributed by atoms with Gasteiger partial charge in [-0.1, -0.05) is 13.3 Å². The van der Waals surface area contributed by atoms with Crippen molar-refractivity contribution in [2.45, 2.75) is 32.2 Å². The van der Waals surface area contributed by atoms with Crippen molar-refractivity contribution < 1.29 is 0 Å². The van der Waals surface area contributed by atoms with Crippen LogP contribution < -0.4 is 22.2 Å². The fourth-order valence-electron chi connectivity index (χ4n) is 2.21. The molecule has 0 bridgehead atoms. The molecule has 1 aromatic carbocycles. The number of nitrogens with two attached hydrogens (primary N) is 1. The molecule has 1 heterocycles. The molecule has 6 nitrogen and oxygen atoms in total. The third kappa shape index (κ3) is 3.27. The molecule has 1 atom stereocenters. The Morgan fingerprint density at radius 3 is 2.55 bits per heavy atom. The van der Waals surface area contributed by atoms with Crippen molar-refractivity contribution >= 4 is 16.5 Å². The highest BCUT2D eigenvalue weighted by Crippen LogP contribution is 2.13. The molecule has 108 valence electrons. The first-order valence-corrected chi connectivity index (χ1v) is 6.86.